The minimum atomic E-state index is -0.575. The highest BCUT2D eigenvalue weighted by Crippen LogP contribution is 2.38. The normalized spacial score (nSPS) is 10.1. The van der Waals surface area contributed by atoms with Crippen molar-refractivity contribution in [2.24, 2.45) is 0 Å². The average molecular weight is 448 g/mol. The van der Waals surface area contributed by atoms with E-state index in [1.54, 1.807) is 0 Å². The molecule has 0 atom stereocenters. The van der Waals surface area contributed by atoms with Crippen molar-refractivity contribution < 1.29 is 28.6 Å². The zero-order chi connectivity index (χ0) is 22.8. The van der Waals surface area contributed by atoms with Gasteiger partial charge in [-0.1, -0.05) is 17.7 Å². The van der Waals surface area contributed by atoms with Crippen molar-refractivity contribution in [2.75, 3.05) is 33.6 Å². The molecule has 31 heavy (non-hydrogen) atoms. The van der Waals surface area contributed by atoms with Gasteiger partial charge in [0.15, 0.2) is 11.5 Å². The third-order valence-electron chi connectivity index (χ3n) is 4.07. The first-order valence-corrected chi connectivity index (χ1v) is 10.2. The summed E-state index contributed by atoms with van der Waals surface area (Å²) >= 11 is 1.35. The number of hydrogen-bond donors (Lipinski definition) is 3. The Hall–Kier alpha value is -3.40. The number of hydrazine groups is 1. The van der Waals surface area contributed by atoms with Gasteiger partial charge in [-0.25, -0.2) is 0 Å². The summed E-state index contributed by atoms with van der Waals surface area (Å²) in [6, 6.07) is 10.7. The van der Waals surface area contributed by atoms with E-state index in [9.17, 15) is 14.4 Å². The van der Waals surface area contributed by atoms with Gasteiger partial charge < -0.3 is 19.5 Å². The Morgan fingerprint density at radius 2 is 1.45 bits per heavy atom. The highest BCUT2D eigenvalue weighted by atomic mass is 32.2. The van der Waals surface area contributed by atoms with Gasteiger partial charge in [-0.3, -0.25) is 25.2 Å². The van der Waals surface area contributed by atoms with Crippen molar-refractivity contribution in [2.45, 2.75) is 11.8 Å². The topological polar surface area (TPSA) is 115 Å². The molecule has 0 aliphatic heterocycles. The van der Waals surface area contributed by atoms with E-state index in [0.717, 1.165) is 10.5 Å². The van der Waals surface area contributed by atoms with E-state index >= 15 is 0 Å². The van der Waals surface area contributed by atoms with Gasteiger partial charge >= 0.3 is 0 Å². The van der Waals surface area contributed by atoms with Crippen LogP contribution in [-0.2, 0) is 9.59 Å². The lowest BCUT2D eigenvalue weighted by Crippen LogP contribution is -2.46. The first-order valence-electron chi connectivity index (χ1n) is 9.23. The Morgan fingerprint density at radius 1 is 0.871 bits per heavy atom. The third kappa shape index (κ3) is 7.10. The van der Waals surface area contributed by atoms with Crippen LogP contribution in [0.15, 0.2) is 41.3 Å². The molecule has 0 aliphatic carbocycles. The fraction of sp³-hybridized carbons (Fsp3) is 0.286. The number of methoxy groups -OCH3 is 3. The van der Waals surface area contributed by atoms with Gasteiger partial charge in [0.05, 0.1) is 33.6 Å². The van der Waals surface area contributed by atoms with Crippen LogP contribution < -0.4 is 30.4 Å². The van der Waals surface area contributed by atoms with Crippen molar-refractivity contribution >= 4 is 29.5 Å². The molecule has 0 saturated heterocycles. The van der Waals surface area contributed by atoms with Crippen LogP contribution in [0.1, 0.15) is 15.9 Å². The molecule has 9 nitrogen and oxygen atoms in total. The maximum atomic E-state index is 12.4. The van der Waals surface area contributed by atoms with E-state index in [1.807, 2.05) is 31.2 Å². The lowest BCUT2D eigenvalue weighted by Gasteiger charge is -2.14. The number of nitrogens with one attached hydrogen (secondary N) is 3. The summed E-state index contributed by atoms with van der Waals surface area (Å²) in [5, 5.41) is 2.47. The van der Waals surface area contributed by atoms with Gasteiger partial charge in [-0.15, -0.1) is 11.8 Å². The lowest BCUT2D eigenvalue weighted by atomic mass is 10.1. The molecule has 0 aromatic heterocycles. The van der Waals surface area contributed by atoms with Crippen LogP contribution in [0.5, 0.6) is 17.2 Å². The molecule has 166 valence electrons. The Bertz CT molecular complexity index is 908. The predicted octanol–water partition coefficient (Wildman–Crippen LogP) is 1.69. The van der Waals surface area contributed by atoms with Crippen molar-refractivity contribution in [1.82, 2.24) is 16.2 Å². The quantitative estimate of drug-likeness (QED) is 0.396. The average Bonchev–Trinajstić information content (AvgIpc) is 2.79. The molecule has 2 rings (SSSR count). The number of ether oxygens (including phenoxy) is 3. The molecule has 10 heteroatoms. The number of rotatable bonds is 9. The number of aryl methyl sites for hydroxylation is 1. The second-order valence-electron chi connectivity index (χ2n) is 6.29. The second kappa shape index (κ2) is 11.7. The van der Waals surface area contributed by atoms with Crippen LogP contribution in [0.25, 0.3) is 0 Å². The maximum absolute atomic E-state index is 12.4. The fourth-order valence-corrected chi connectivity index (χ4v) is 3.18. The Kier molecular flexibility index (Phi) is 9.01. The zero-order valence-corrected chi connectivity index (χ0v) is 18.6. The summed E-state index contributed by atoms with van der Waals surface area (Å²) in [4.78, 5) is 37.1. The van der Waals surface area contributed by atoms with Crippen LogP contribution in [0.2, 0.25) is 0 Å². The molecule has 0 bridgehead atoms. The fourth-order valence-electron chi connectivity index (χ4n) is 2.48. The highest BCUT2D eigenvalue weighted by Gasteiger charge is 2.17. The Morgan fingerprint density at radius 3 is 2.00 bits per heavy atom. The number of amides is 3. The van der Waals surface area contributed by atoms with Crippen LogP contribution >= 0.6 is 11.8 Å². The van der Waals surface area contributed by atoms with Crippen LogP contribution in [-0.4, -0.2) is 51.3 Å². The SMILES string of the molecule is COc1cc(C(=O)NCC(=O)NNC(=O)CSc2ccc(C)cc2)cc(OC)c1OC. The van der Waals surface area contributed by atoms with E-state index in [4.69, 9.17) is 14.2 Å². The van der Waals surface area contributed by atoms with Gasteiger partial charge in [0.25, 0.3) is 11.8 Å². The summed E-state index contributed by atoms with van der Waals surface area (Å²) in [6.07, 6.45) is 0. The second-order valence-corrected chi connectivity index (χ2v) is 7.34. The molecule has 0 heterocycles. The monoisotopic (exact) mass is 447 g/mol. The minimum Gasteiger partial charge on any atom is -0.493 e. The number of benzene rings is 2. The van der Waals surface area contributed by atoms with Crippen molar-refractivity contribution in [3.05, 3.63) is 47.5 Å². The molecule has 0 aliphatic rings. The Balaban J connectivity index is 1.80. The van der Waals surface area contributed by atoms with Crippen molar-refractivity contribution in [3.63, 3.8) is 0 Å². The summed E-state index contributed by atoms with van der Waals surface area (Å²) in [5.41, 5.74) is 5.93. The number of hydrogen-bond acceptors (Lipinski definition) is 7. The summed E-state index contributed by atoms with van der Waals surface area (Å²) in [6.45, 7) is 1.65. The molecule has 2 aromatic carbocycles. The molecule has 3 N–H and O–H groups in total. The smallest absolute Gasteiger partial charge is 0.257 e. The third-order valence-corrected chi connectivity index (χ3v) is 5.08. The predicted molar refractivity (Wildman–Crippen MR) is 117 cm³/mol. The molecule has 0 radical (unpaired) electrons. The molecule has 2 aromatic rings. The van der Waals surface area contributed by atoms with E-state index in [2.05, 4.69) is 16.2 Å². The summed E-state index contributed by atoms with van der Waals surface area (Å²) in [5.74, 6) is -0.337. The number of thioether (sulfide) groups is 1. The van der Waals surface area contributed by atoms with Crippen molar-refractivity contribution in [1.29, 1.82) is 0 Å². The molecule has 0 unspecified atom stereocenters. The summed E-state index contributed by atoms with van der Waals surface area (Å²) < 4.78 is 15.6. The molecule has 0 saturated carbocycles. The van der Waals surface area contributed by atoms with Gasteiger partial charge in [0, 0.05) is 10.5 Å². The summed E-state index contributed by atoms with van der Waals surface area (Å²) in [7, 11) is 4.33. The molecule has 0 spiro atoms. The molecular formula is C21H25N3O6S. The van der Waals surface area contributed by atoms with Crippen molar-refractivity contribution in [3.8, 4) is 17.2 Å². The number of carbonyl (C=O) groups excluding carboxylic acids is 3. The van der Waals surface area contributed by atoms with Crippen LogP contribution in [0, 0.1) is 6.92 Å². The standard InChI is InChI=1S/C21H25N3O6S/c1-13-5-7-15(8-6-13)31-12-19(26)24-23-18(25)11-22-21(27)14-9-16(28-2)20(30-4)17(10-14)29-3/h5-10H,11-12H2,1-4H3,(H,22,27)(H,23,25)(H,24,26). The van der Waals surface area contributed by atoms with Gasteiger partial charge in [-0.2, -0.15) is 0 Å². The van der Waals surface area contributed by atoms with Crippen LogP contribution in [0.3, 0.4) is 0 Å². The largest absolute Gasteiger partial charge is 0.493 e. The van der Waals surface area contributed by atoms with E-state index < -0.39 is 11.8 Å². The minimum absolute atomic E-state index is 0.140. The van der Waals surface area contributed by atoms with E-state index in [1.165, 1.54) is 45.2 Å². The first-order chi connectivity index (χ1) is 14.9. The zero-order valence-electron chi connectivity index (χ0n) is 17.7. The first kappa shape index (κ1) is 23.9. The van der Waals surface area contributed by atoms with Gasteiger partial charge in [-0.05, 0) is 31.2 Å². The van der Waals surface area contributed by atoms with Gasteiger partial charge in [0.1, 0.15) is 0 Å². The maximum Gasteiger partial charge on any atom is 0.257 e. The molecular weight excluding hydrogens is 422 g/mol. The van der Waals surface area contributed by atoms with Gasteiger partial charge in [0.2, 0.25) is 11.7 Å². The molecule has 0 fully saturated rings. The Labute approximate surface area is 184 Å². The lowest BCUT2D eigenvalue weighted by molar-refractivity contribution is -0.127. The van der Waals surface area contributed by atoms with E-state index in [0.29, 0.717) is 17.2 Å². The molecule has 3 amide bonds. The highest BCUT2D eigenvalue weighted by molar-refractivity contribution is 8.00. The van der Waals surface area contributed by atoms with Crippen LogP contribution in [0.4, 0.5) is 0 Å². The number of carbonyl (C=O) groups is 3. The van der Waals surface area contributed by atoms with E-state index in [-0.39, 0.29) is 23.8 Å².